The zero-order valence-corrected chi connectivity index (χ0v) is 10.0. The Bertz CT molecular complexity index is 561. The van der Waals surface area contributed by atoms with Gasteiger partial charge in [-0.2, -0.15) is 5.10 Å². The molecule has 0 aliphatic heterocycles. The fourth-order valence-corrected chi connectivity index (χ4v) is 2.32. The van der Waals surface area contributed by atoms with Gasteiger partial charge in [0.25, 0.3) is 0 Å². The van der Waals surface area contributed by atoms with E-state index >= 15 is 0 Å². The topological polar surface area (TPSA) is 38.1 Å². The third-order valence-corrected chi connectivity index (χ3v) is 3.32. The summed E-state index contributed by atoms with van der Waals surface area (Å²) in [6, 6.07) is 6.56. The first-order chi connectivity index (χ1) is 8.78. The van der Waals surface area contributed by atoms with Crippen LogP contribution in [0.5, 0.6) is 0 Å². The van der Waals surface area contributed by atoms with E-state index in [1.54, 1.807) is 12.3 Å². The quantitative estimate of drug-likeness (QED) is 0.899. The Morgan fingerprint density at radius 3 is 2.89 bits per heavy atom. The minimum Gasteiger partial charge on any atom is -0.392 e. The third-order valence-electron chi connectivity index (χ3n) is 3.32. The van der Waals surface area contributed by atoms with Crippen molar-refractivity contribution in [2.75, 3.05) is 0 Å². The lowest BCUT2D eigenvalue weighted by molar-refractivity contribution is 0.280. The second-order valence-electron chi connectivity index (χ2n) is 4.78. The van der Waals surface area contributed by atoms with Gasteiger partial charge in [0.2, 0.25) is 0 Å². The Morgan fingerprint density at radius 2 is 2.22 bits per heavy atom. The second-order valence-corrected chi connectivity index (χ2v) is 4.78. The molecule has 1 aromatic carbocycles. The predicted molar refractivity (Wildman–Crippen MR) is 65.6 cm³/mol. The zero-order chi connectivity index (χ0) is 12.5. The molecule has 1 fully saturated rings. The zero-order valence-electron chi connectivity index (χ0n) is 10.0. The van der Waals surface area contributed by atoms with Gasteiger partial charge in [-0.05, 0) is 30.5 Å². The van der Waals surface area contributed by atoms with Crippen LogP contribution in [0.2, 0.25) is 0 Å². The minimum atomic E-state index is -0.227. The molecular weight excluding hydrogens is 231 g/mol. The molecule has 1 N–H and O–H groups in total. The van der Waals surface area contributed by atoms with Crippen molar-refractivity contribution in [2.24, 2.45) is 0 Å². The third kappa shape index (κ3) is 2.16. The highest BCUT2D eigenvalue weighted by molar-refractivity contribution is 5.26. The van der Waals surface area contributed by atoms with Crippen molar-refractivity contribution in [2.45, 2.75) is 31.9 Å². The largest absolute Gasteiger partial charge is 0.392 e. The number of benzene rings is 1. The van der Waals surface area contributed by atoms with Crippen molar-refractivity contribution in [1.82, 2.24) is 9.78 Å². The molecule has 18 heavy (non-hydrogen) atoms. The summed E-state index contributed by atoms with van der Waals surface area (Å²) in [7, 11) is 0. The second kappa shape index (κ2) is 4.53. The van der Waals surface area contributed by atoms with Gasteiger partial charge in [-0.25, -0.2) is 4.39 Å². The normalized spacial score (nSPS) is 15.0. The molecule has 0 unspecified atom stereocenters. The summed E-state index contributed by atoms with van der Waals surface area (Å²) >= 11 is 0. The van der Waals surface area contributed by atoms with E-state index in [9.17, 15) is 9.50 Å². The van der Waals surface area contributed by atoms with Gasteiger partial charge >= 0.3 is 0 Å². The molecule has 1 heterocycles. The molecular formula is C14H15FN2O. The molecule has 1 aliphatic carbocycles. The molecule has 0 saturated heterocycles. The number of aromatic nitrogens is 2. The summed E-state index contributed by atoms with van der Waals surface area (Å²) < 4.78 is 15.0. The molecule has 0 amide bonds. The van der Waals surface area contributed by atoms with E-state index in [0.29, 0.717) is 12.5 Å². The highest BCUT2D eigenvalue weighted by Crippen LogP contribution is 2.41. The first-order valence-corrected chi connectivity index (χ1v) is 6.18. The molecule has 0 bridgehead atoms. The minimum absolute atomic E-state index is 0.0228. The molecule has 0 atom stereocenters. The van der Waals surface area contributed by atoms with Crippen LogP contribution in [0.1, 0.15) is 35.6 Å². The highest BCUT2D eigenvalue weighted by atomic mass is 19.1. The molecule has 4 heteroatoms. The van der Waals surface area contributed by atoms with E-state index in [1.165, 1.54) is 12.1 Å². The fraction of sp³-hybridized carbons (Fsp3) is 0.357. The van der Waals surface area contributed by atoms with Gasteiger partial charge in [0.15, 0.2) is 0 Å². The van der Waals surface area contributed by atoms with Crippen molar-refractivity contribution in [1.29, 1.82) is 0 Å². The van der Waals surface area contributed by atoms with Crippen LogP contribution in [0, 0.1) is 5.82 Å². The van der Waals surface area contributed by atoms with Crippen molar-refractivity contribution < 1.29 is 9.50 Å². The maximum absolute atomic E-state index is 13.1. The number of rotatable bonds is 4. The number of hydrogen-bond donors (Lipinski definition) is 1. The Hall–Kier alpha value is -1.68. The Morgan fingerprint density at radius 1 is 1.39 bits per heavy atom. The number of nitrogens with zero attached hydrogens (tertiary/aromatic N) is 2. The predicted octanol–water partition coefficient (Wildman–Crippen LogP) is 2.44. The summed E-state index contributed by atoms with van der Waals surface area (Å²) in [5.41, 5.74) is 2.90. The van der Waals surface area contributed by atoms with Gasteiger partial charge in [-0.15, -0.1) is 0 Å². The molecule has 1 aromatic heterocycles. The van der Waals surface area contributed by atoms with Crippen LogP contribution in [-0.4, -0.2) is 14.9 Å². The molecule has 3 nitrogen and oxygen atoms in total. The average molecular weight is 246 g/mol. The molecule has 94 valence electrons. The van der Waals surface area contributed by atoms with Crippen LogP contribution >= 0.6 is 0 Å². The van der Waals surface area contributed by atoms with Crippen LogP contribution in [0.3, 0.4) is 0 Å². The monoisotopic (exact) mass is 246 g/mol. The SMILES string of the molecule is OCc1cnn(Cc2cccc(F)c2)c1C1CC1. The standard InChI is InChI=1S/C14H15FN2O/c15-13-3-1-2-10(6-13)8-17-14(11-4-5-11)12(9-18)7-16-17/h1-3,6-7,11,18H,4-5,8-9H2. The van der Waals surface area contributed by atoms with Gasteiger partial charge in [0.05, 0.1) is 19.3 Å². The van der Waals surface area contributed by atoms with E-state index in [4.69, 9.17) is 0 Å². The van der Waals surface area contributed by atoms with E-state index in [2.05, 4.69) is 5.10 Å². The Kier molecular flexibility index (Phi) is 2.88. The summed E-state index contributed by atoms with van der Waals surface area (Å²) in [6.45, 7) is 0.582. The lowest BCUT2D eigenvalue weighted by Crippen LogP contribution is -2.07. The van der Waals surface area contributed by atoms with Crippen LogP contribution in [-0.2, 0) is 13.2 Å². The Balaban J connectivity index is 1.90. The number of aliphatic hydroxyl groups excluding tert-OH is 1. The van der Waals surface area contributed by atoms with Crippen molar-refractivity contribution in [3.8, 4) is 0 Å². The smallest absolute Gasteiger partial charge is 0.123 e. The Labute approximate surface area is 105 Å². The van der Waals surface area contributed by atoms with Gasteiger partial charge in [0, 0.05) is 17.2 Å². The van der Waals surface area contributed by atoms with Crippen molar-refractivity contribution in [3.05, 3.63) is 53.1 Å². The number of hydrogen-bond acceptors (Lipinski definition) is 2. The van der Waals surface area contributed by atoms with Crippen molar-refractivity contribution >= 4 is 0 Å². The number of halogens is 1. The lowest BCUT2D eigenvalue weighted by Gasteiger charge is -2.08. The van der Waals surface area contributed by atoms with Gasteiger partial charge in [-0.3, -0.25) is 4.68 Å². The molecule has 1 aliphatic rings. The van der Waals surface area contributed by atoms with Crippen LogP contribution < -0.4 is 0 Å². The number of aliphatic hydroxyl groups is 1. The first kappa shape index (κ1) is 11.4. The fourth-order valence-electron chi connectivity index (χ4n) is 2.32. The summed E-state index contributed by atoms with van der Waals surface area (Å²) in [5, 5.41) is 13.6. The summed E-state index contributed by atoms with van der Waals surface area (Å²) in [6.07, 6.45) is 4.02. The maximum Gasteiger partial charge on any atom is 0.123 e. The van der Waals surface area contributed by atoms with Crippen molar-refractivity contribution in [3.63, 3.8) is 0 Å². The average Bonchev–Trinajstić information content (AvgIpc) is 3.11. The molecule has 2 aromatic rings. The van der Waals surface area contributed by atoms with E-state index < -0.39 is 0 Å². The van der Waals surface area contributed by atoms with Crippen LogP contribution in [0.15, 0.2) is 30.5 Å². The van der Waals surface area contributed by atoms with Crippen LogP contribution in [0.4, 0.5) is 4.39 Å². The lowest BCUT2D eigenvalue weighted by atomic mass is 10.1. The molecule has 0 radical (unpaired) electrons. The summed E-state index contributed by atoms with van der Waals surface area (Å²) in [5.74, 6) is 0.290. The van der Waals surface area contributed by atoms with Gasteiger partial charge in [0.1, 0.15) is 5.82 Å². The van der Waals surface area contributed by atoms with E-state index in [0.717, 1.165) is 29.7 Å². The van der Waals surface area contributed by atoms with Crippen LogP contribution in [0.25, 0.3) is 0 Å². The summed E-state index contributed by atoms with van der Waals surface area (Å²) in [4.78, 5) is 0. The first-order valence-electron chi connectivity index (χ1n) is 6.18. The molecule has 1 saturated carbocycles. The van der Waals surface area contributed by atoms with E-state index in [1.807, 2.05) is 10.7 Å². The van der Waals surface area contributed by atoms with Gasteiger partial charge in [-0.1, -0.05) is 12.1 Å². The molecule has 0 spiro atoms. The molecule has 3 rings (SSSR count). The van der Waals surface area contributed by atoms with Gasteiger partial charge < -0.3 is 5.11 Å². The van der Waals surface area contributed by atoms with E-state index in [-0.39, 0.29) is 12.4 Å². The maximum atomic E-state index is 13.1. The highest BCUT2D eigenvalue weighted by Gasteiger charge is 2.29.